The zero-order valence-corrected chi connectivity index (χ0v) is 27.3. The van der Waals surface area contributed by atoms with Gasteiger partial charge in [-0.1, -0.05) is 113 Å². The lowest BCUT2D eigenvalue weighted by Gasteiger charge is -2.38. The third-order valence-electron chi connectivity index (χ3n) is 10.1. The van der Waals surface area contributed by atoms with Crippen LogP contribution in [0, 0.1) is 0 Å². The molecule has 0 fully saturated rings. The van der Waals surface area contributed by atoms with Crippen molar-refractivity contribution in [2.45, 2.75) is 70.1 Å². The normalized spacial score (nSPS) is 17.6. The van der Waals surface area contributed by atoms with Crippen LogP contribution in [0.2, 0.25) is 0 Å². The topological polar surface area (TPSA) is 18.5 Å². The summed E-state index contributed by atoms with van der Waals surface area (Å²) in [7, 11) is 1.65. The molecule has 0 aromatic heterocycles. The van der Waals surface area contributed by atoms with E-state index in [0.29, 0.717) is 5.56 Å². The second-order valence-electron chi connectivity index (χ2n) is 13.3. The summed E-state index contributed by atoms with van der Waals surface area (Å²) in [5.74, 6) is 1.49. The molecule has 0 N–H and O–H groups in total. The van der Waals surface area contributed by atoms with Crippen molar-refractivity contribution < 1.29 is 22.6 Å². The number of unbranched alkanes of at least 4 members (excludes halogenated alkanes) is 3. The maximum Gasteiger partial charge on any atom is 0.416 e. The van der Waals surface area contributed by atoms with Crippen LogP contribution in [0.5, 0.6) is 11.5 Å². The molecule has 1 aliphatic heterocycles. The van der Waals surface area contributed by atoms with Crippen molar-refractivity contribution in [3.05, 3.63) is 136 Å². The molecule has 0 saturated heterocycles. The standard InChI is InChI=1S/C42H39F3O2/c1-5-6-7-8-11-27-14-16-28(17-15-27)41(29-18-21-31(46-4)22-19-29)25-24-35-38-37(32-12-9-10-13-33(32)39(35)47-41)34-23-20-30(42(43,44)45)26-36(34)40(38,2)3/h9-10,12-26H,5-8,11H2,1-4H3. The molecule has 1 unspecified atom stereocenters. The number of hydrogen-bond acceptors (Lipinski definition) is 2. The molecule has 1 aliphatic carbocycles. The number of halogens is 3. The Balaban J connectivity index is 1.41. The van der Waals surface area contributed by atoms with Gasteiger partial charge in [0.2, 0.25) is 0 Å². The summed E-state index contributed by atoms with van der Waals surface area (Å²) in [5, 5.41) is 1.90. The Bertz CT molecular complexity index is 1980. The molecule has 0 spiro atoms. The summed E-state index contributed by atoms with van der Waals surface area (Å²) in [6.45, 7) is 6.26. The molecule has 0 bridgehead atoms. The van der Waals surface area contributed by atoms with Crippen LogP contribution in [0.4, 0.5) is 13.2 Å². The molecule has 5 aromatic rings. The monoisotopic (exact) mass is 632 g/mol. The highest BCUT2D eigenvalue weighted by molar-refractivity contribution is 6.08. The number of alkyl halides is 3. The fourth-order valence-electron chi connectivity index (χ4n) is 7.60. The van der Waals surface area contributed by atoms with Crippen molar-refractivity contribution in [2.75, 3.05) is 7.11 Å². The van der Waals surface area contributed by atoms with Crippen molar-refractivity contribution in [1.82, 2.24) is 0 Å². The Morgan fingerprint density at radius 3 is 2.13 bits per heavy atom. The molecule has 2 aliphatic rings. The second-order valence-corrected chi connectivity index (χ2v) is 13.3. The maximum absolute atomic E-state index is 13.9. The third kappa shape index (κ3) is 5.11. The van der Waals surface area contributed by atoms with Crippen molar-refractivity contribution in [3.63, 3.8) is 0 Å². The zero-order valence-electron chi connectivity index (χ0n) is 27.3. The number of hydrogen-bond donors (Lipinski definition) is 0. The predicted molar refractivity (Wildman–Crippen MR) is 184 cm³/mol. The van der Waals surface area contributed by atoms with Crippen LogP contribution in [0.3, 0.4) is 0 Å². The van der Waals surface area contributed by atoms with Gasteiger partial charge in [-0.3, -0.25) is 0 Å². The summed E-state index contributed by atoms with van der Waals surface area (Å²) < 4.78 is 54.5. The maximum atomic E-state index is 13.9. The number of benzene rings is 5. The van der Waals surface area contributed by atoms with Crippen molar-refractivity contribution in [1.29, 1.82) is 0 Å². The highest BCUT2D eigenvalue weighted by atomic mass is 19.4. The van der Waals surface area contributed by atoms with Gasteiger partial charge in [-0.05, 0) is 76.4 Å². The minimum atomic E-state index is -4.42. The summed E-state index contributed by atoms with van der Waals surface area (Å²) in [5.41, 5.74) is 5.40. The first kappa shape index (κ1) is 31.1. The highest BCUT2D eigenvalue weighted by Gasteiger charge is 2.45. The van der Waals surface area contributed by atoms with Gasteiger partial charge in [-0.2, -0.15) is 13.2 Å². The highest BCUT2D eigenvalue weighted by Crippen LogP contribution is 2.58. The minimum absolute atomic E-state index is 0.630. The summed E-state index contributed by atoms with van der Waals surface area (Å²) in [6.07, 6.45) is 5.72. The van der Waals surface area contributed by atoms with E-state index in [4.69, 9.17) is 9.47 Å². The molecule has 1 atom stereocenters. The lowest BCUT2D eigenvalue weighted by atomic mass is 9.76. The molecular weight excluding hydrogens is 593 g/mol. The average molecular weight is 633 g/mol. The Hall–Kier alpha value is -4.51. The largest absolute Gasteiger partial charge is 0.497 e. The molecule has 7 rings (SSSR count). The summed E-state index contributed by atoms with van der Waals surface area (Å²) >= 11 is 0. The number of fused-ring (bicyclic) bond motifs is 8. The van der Waals surface area contributed by atoms with Crippen LogP contribution < -0.4 is 9.47 Å². The van der Waals surface area contributed by atoms with E-state index < -0.39 is 22.8 Å². The molecule has 0 saturated carbocycles. The number of aryl methyl sites for hydroxylation is 1. The van der Waals surface area contributed by atoms with Crippen LogP contribution in [-0.2, 0) is 23.6 Å². The summed E-state index contributed by atoms with van der Waals surface area (Å²) in [6, 6.07) is 29.0. The van der Waals surface area contributed by atoms with Crippen molar-refractivity contribution >= 4 is 16.8 Å². The fourth-order valence-corrected chi connectivity index (χ4v) is 7.60. The molecule has 1 heterocycles. The van der Waals surface area contributed by atoms with Crippen LogP contribution in [0.25, 0.3) is 28.0 Å². The smallest absolute Gasteiger partial charge is 0.416 e. The van der Waals surface area contributed by atoms with E-state index in [0.717, 1.165) is 62.1 Å². The van der Waals surface area contributed by atoms with E-state index in [2.05, 4.69) is 55.5 Å². The molecule has 0 amide bonds. The molecular formula is C42H39F3O2. The Morgan fingerprint density at radius 1 is 0.787 bits per heavy atom. The van der Waals surface area contributed by atoms with Gasteiger partial charge in [0.05, 0.1) is 12.7 Å². The number of methoxy groups -OCH3 is 1. The van der Waals surface area contributed by atoms with Gasteiger partial charge in [0.15, 0.2) is 5.60 Å². The van der Waals surface area contributed by atoms with E-state index in [9.17, 15) is 13.2 Å². The first-order valence-electron chi connectivity index (χ1n) is 16.5. The Kier molecular flexibility index (Phi) is 7.69. The molecule has 47 heavy (non-hydrogen) atoms. The quantitative estimate of drug-likeness (QED) is 0.159. The van der Waals surface area contributed by atoms with E-state index in [1.165, 1.54) is 43.4 Å². The predicted octanol–water partition coefficient (Wildman–Crippen LogP) is 11.6. The lowest BCUT2D eigenvalue weighted by Crippen LogP contribution is -2.35. The van der Waals surface area contributed by atoms with Crippen molar-refractivity contribution in [3.8, 4) is 22.6 Å². The molecule has 2 nitrogen and oxygen atoms in total. The van der Waals surface area contributed by atoms with Crippen LogP contribution in [0.15, 0.2) is 97.1 Å². The van der Waals surface area contributed by atoms with E-state index in [1.807, 2.05) is 50.2 Å². The van der Waals surface area contributed by atoms with Crippen LogP contribution in [0.1, 0.15) is 85.4 Å². The van der Waals surface area contributed by atoms with Gasteiger partial charge >= 0.3 is 6.18 Å². The second kappa shape index (κ2) is 11.6. The number of ether oxygens (including phenoxy) is 2. The van der Waals surface area contributed by atoms with Gasteiger partial charge in [0.25, 0.3) is 0 Å². The molecule has 5 aromatic carbocycles. The van der Waals surface area contributed by atoms with Gasteiger partial charge < -0.3 is 9.47 Å². The minimum Gasteiger partial charge on any atom is -0.497 e. The van der Waals surface area contributed by atoms with E-state index in [-0.39, 0.29) is 0 Å². The van der Waals surface area contributed by atoms with Crippen molar-refractivity contribution in [2.24, 2.45) is 0 Å². The third-order valence-corrected chi connectivity index (χ3v) is 10.1. The van der Waals surface area contributed by atoms with Gasteiger partial charge in [0, 0.05) is 27.5 Å². The van der Waals surface area contributed by atoms with Crippen LogP contribution in [-0.4, -0.2) is 7.11 Å². The number of rotatable bonds is 8. The Morgan fingerprint density at radius 2 is 1.47 bits per heavy atom. The van der Waals surface area contributed by atoms with Crippen LogP contribution >= 0.6 is 0 Å². The zero-order chi connectivity index (χ0) is 33.0. The lowest BCUT2D eigenvalue weighted by molar-refractivity contribution is -0.137. The SMILES string of the molecule is CCCCCCc1ccc(C2(c3ccc(OC)cc3)C=Cc3c4c(c5ccccc5c3O2)-c2ccc(C(F)(F)F)cc2C4(C)C)cc1. The molecule has 5 heteroatoms. The van der Waals surface area contributed by atoms with Gasteiger partial charge in [-0.15, -0.1) is 0 Å². The summed E-state index contributed by atoms with van der Waals surface area (Å²) in [4.78, 5) is 0. The molecule has 240 valence electrons. The first-order chi connectivity index (χ1) is 22.6. The van der Waals surface area contributed by atoms with E-state index in [1.54, 1.807) is 13.2 Å². The average Bonchev–Trinajstić information content (AvgIpc) is 3.33. The first-order valence-corrected chi connectivity index (χ1v) is 16.5. The van der Waals surface area contributed by atoms with Gasteiger partial charge in [-0.25, -0.2) is 0 Å². The Labute approximate surface area is 274 Å². The van der Waals surface area contributed by atoms with Gasteiger partial charge in [0.1, 0.15) is 11.5 Å². The van der Waals surface area contributed by atoms with E-state index >= 15 is 0 Å². The fraction of sp³-hybridized carbons (Fsp3) is 0.286. The molecule has 0 radical (unpaired) electrons.